The molecule has 0 saturated heterocycles. The average Bonchev–Trinajstić information content (AvgIpc) is 2.61. The number of esters is 1. The molecule has 0 unspecified atom stereocenters. The topological polar surface area (TPSA) is 38.8 Å². The van der Waals surface area contributed by atoms with E-state index in [1.807, 2.05) is 18.2 Å². The summed E-state index contributed by atoms with van der Waals surface area (Å²) in [6, 6.07) is 8.06. The molecule has 0 atom stereocenters. The predicted molar refractivity (Wildman–Crippen MR) is 70.0 cm³/mol. The van der Waals surface area contributed by atoms with E-state index >= 15 is 0 Å². The third-order valence-corrected chi connectivity index (χ3v) is 3.07. The van der Waals surface area contributed by atoms with E-state index in [4.69, 9.17) is 4.74 Å². The van der Waals surface area contributed by atoms with Crippen LogP contribution in [0.25, 0.3) is 0 Å². The first-order valence-electron chi connectivity index (χ1n) is 6.35. The van der Waals surface area contributed by atoms with Gasteiger partial charge in [-0.05, 0) is 25.0 Å². The van der Waals surface area contributed by atoms with Crippen molar-refractivity contribution in [2.75, 3.05) is 31.7 Å². The quantitative estimate of drug-likeness (QED) is 0.767. The summed E-state index contributed by atoms with van der Waals surface area (Å²) in [5.74, 6) is 0.794. The second-order valence-corrected chi connectivity index (χ2v) is 4.34. The minimum Gasteiger partial charge on any atom is -0.491 e. The Labute approximate surface area is 107 Å². The molecule has 18 heavy (non-hydrogen) atoms. The Morgan fingerprint density at radius 2 is 2.28 bits per heavy atom. The summed E-state index contributed by atoms with van der Waals surface area (Å²) in [7, 11) is 1.43. The van der Waals surface area contributed by atoms with Gasteiger partial charge >= 0.3 is 5.97 Å². The monoisotopic (exact) mass is 249 g/mol. The van der Waals surface area contributed by atoms with Crippen LogP contribution >= 0.6 is 0 Å². The molecule has 0 amide bonds. The first kappa shape index (κ1) is 12.7. The molecule has 0 bridgehead atoms. The van der Waals surface area contributed by atoms with Gasteiger partial charge in [0.2, 0.25) is 0 Å². The fourth-order valence-corrected chi connectivity index (χ4v) is 2.15. The Balaban J connectivity index is 1.97. The van der Waals surface area contributed by atoms with E-state index in [9.17, 15) is 4.79 Å². The minimum absolute atomic E-state index is 0.144. The van der Waals surface area contributed by atoms with Crippen LogP contribution in [0.15, 0.2) is 24.3 Å². The van der Waals surface area contributed by atoms with Crippen molar-refractivity contribution >= 4 is 11.7 Å². The zero-order valence-corrected chi connectivity index (χ0v) is 10.7. The van der Waals surface area contributed by atoms with Crippen LogP contribution in [0.5, 0.6) is 5.75 Å². The van der Waals surface area contributed by atoms with Gasteiger partial charge in [0.15, 0.2) is 0 Å². The van der Waals surface area contributed by atoms with Crippen LogP contribution in [-0.4, -0.2) is 32.8 Å². The summed E-state index contributed by atoms with van der Waals surface area (Å²) < 4.78 is 10.3. The fourth-order valence-electron chi connectivity index (χ4n) is 2.15. The highest BCUT2D eigenvalue weighted by molar-refractivity contribution is 5.69. The lowest BCUT2D eigenvalue weighted by atomic mass is 10.2. The molecule has 98 valence electrons. The minimum atomic E-state index is -0.144. The van der Waals surface area contributed by atoms with Gasteiger partial charge in [-0.3, -0.25) is 4.79 Å². The number of ether oxygens (including phenoxy) is 2. The molecule has 1 heterocycles. The van der Waals surface area contributed by atoms with E-state index in [-0.39, 0.29) is 5.97 Å². The van der Waals surface area contributed by atoms with Crippen LogP contribution in [0.1, 0.15) is 19.3 Å². The SMILES string of the molecule is COC(=O)CCCN1CCCOc2ccccc21. The number of anilines is 1. The van der Waals surface area contributed by atoms with Gasteiger partial charge in [-0.2, -0.15) is 0 Å². The number of para-hydroxylation sites is 2. The summed E-state index contributed by atoms with van der Waals surface area (Å²) in [5, 5.41) is 0. The van der Waals surface area contributed by atoms with E-state index < -0.39 is 0 Å². The standard InChI is InChI=1S/C14H19NO3/c1-17-14(16)8-4-9-15-10-5-11-18-13-7-3-2-6-12(13)15/h2-3,6-7H,4-5,8-11H2,1H3. The molecular formula is C14H19NO3. The Hall–Kier alpha value is -1.71. The van der Waals surface area contributed by atoms with Crippen LogP contribution in [0, 0.1) is 0 Å². The summed E-state index contributed by atoms with van der Waals surface area (Å²) in [6.45, 7) is 2.58. The van der Waals surface area contributed by atoms with Crippen molar-refractivity contribution in [3.8, 4) is 5.75 Å². The number of methoxy groups -OCH3 is 1. The van der Waals surface area contributed by atoms with Gasteiger partial charge in [0, 0.05) is 19.5 Å². The number of nitrogens with zero attached hydrogens (tertiary/aromatic N) is 1. The van der Waals surface area contributed by atoms with Gasteiger partial charge in [0.05, 0.1) is 19.4 Å². The lowest BCUT2D eigenvalue weighted by Gasteiger charge is -2.23. The van der Waals surface area contributed by atoms with Crippen molar-refractivity contribution in [1.82, 2.24) is 0 Å². The second-order valence-electron chi connectivity index (χ2n) is 4.34. The van der Waals surface area contributed by atoms with Crippen LogP contribution in [-0.2, 0) is 9.53 Å². The van der Waals surface area contributed by atoms with Crippen molar-refractivity contribution < 1.29 is 14.3 Å². The zero-order chi connectivity index (χ0) is 12.8. The van der Waals surface area contributed by atoms with E-state index in [2.05, 4.69) is 15.7 Å². The Bertz CT molecular complexity index is 406. The molecule has 0 N–H and O–H groups in total. The lowest BCUT2D eigenvalue weighted by Crippen LogP contribution is -2.25. The Kier molecular flexibility index (Phi) is 4.45. The maximum Gasteiger partial charge on any atom is 0.305 e. The van der Waals surface area contributed by atoms with Crippen molar-refractivity contribution in [1.29, 1.82) is 0 Å². The van der Waals surface area contributed by atoms with Gasteiger partial charge in [0.25, 0.3) is 0 Å². The molecule has 0 aliphatic carbocycles. The molecule has 0 saturated carbocycles. The fraction of sp³-hybridized carbons (Fsp3) is 0.500. The maximum absolute atomic E-state index is 11.1. The number of fused-ring (bicyclic) bond motifs is 1. The van der Waals surface area contributed by atoms with Crippen LogP contribution in [0.2, 0.25) is 0 Å². The average molecular weight is 249 g/mol. The molecule has 1 aliphatic heterocycles. The summed E-state index contributed by atoms with van der Waals surface area (Å²) in [4.78, 5) is 13.4. The highest BCUT2D eigenvalue weighted by atomic mass is 16.5. The van der Waals surface area contributed by atoms with Crippen molar-refractivity contribution in [2.45, 2.75) is 19.3 Å². The molecule has 1 aliphatic rings. The molecule has 0 spiro atoms. The Morgan fingerprint density at radius 3 is 3.11 bits per heavy atom. The lowest BCUT2D eigenvalue weighted by molar-refractivity contribution is -0.140. The van der Waals surface area contributed by atoms with E-state index in [1.54, 1.807) is 0 Å². The highest BCUT2D eigenvalue weighted by Gasteiger charge is 2.15. The predicted octanol–water partition coefficient (Wildman–Crippen LogP) is 2.23. The second kappa shape index (κ2) is 6.28. The molecule has 1 aromatic rings. The molecule has 0 aromatic heterocycles. The van der Waals surface area contributed by atoms with Crippen molar-refractivity contribution in [3.05, 3.63) is 24.3 Å². The van der Waals surface area contributed by atoms with E-state index in [0.717, 1.165) is 44.0 Å². The zero-order valence-electron chi connectivity index (χ0n) is 10.7. The smallest absolute Gasteiger partial charge is 0.305 e. The number of carbonyl (C=O) groups is 1. The van der Waals surface area contributed by atoms with Crippen LogP contribution in [0.4, 0.5) is 5.69 Å². The van der Waals surface area contributed by atoms with Gasteiger partial charge in [-0.1, -0.05) is 12.1 Å². The highest BCUT2D eigenvalue weighted by Crippen LogP contribution is 2.30. The molecule has 0 radical (unpaired) electrons. The number of hydrogen-bond acceptors (Lipinski definition) is 4. The normalized spacial score (nSPS) is 14.4. The molecule has 2 rings (SSSR count). The largest absolute Gasteiger partial charge is 0.491 e. The van der Waals surface area contributed by atoms with Gasteiger partial charge < -0.3 is 14.4 Å². The van der Waals surface area contributed by atoms with Crippen LogP contribution in [0.3, 0.4) is 0 Å². The molecular weight excluding hydrogens is 230 g/mol. The number of benzene rings is 1. The Morgan fingerprint density at radius 1 is 1.44 bits per heavy atom. The van der Waals surface area contributed by atoms with Gasteiger partial charge in [0.1, 0.15) is 5.75 Å². The molecule has 1 aromatic carbocycles. The van der Waals surface area contributed by atoms with Crippen LogP contribution < -0.4 is 9.64 Å². The molecule has 4 heteroatoms. The third kappa shape index (κ3) is 3.15. The number of carbonyl (C=O) groups excluding carboxylic acids is 1. The summed E-state index contributed by atoms with van der Waals surface area (Å²) in [5.41, 5.74) is 1.12. The summed E-state index contributed by atoms with van der Waals surface area (Å²) in [6.07, 6.45) is 2.28. The third-order valence-electron chi connectivity index (χ3n) is 3.07. The van der Waals surface area contributed by atoms with Gasteiger partial charge in [-0.25, -0.2) is 0 Å². The first-order valence-corrected chi connectivity index (χ1v) is 6.35. The van der Waals surface area contributed by atoms with Crippen molar-refractivity contribution in [3.63, 3.8) is 0 Å². The van der Waals surface area contributed by atoms with E-state index in [1.165, 1.54) is 7.11 Å². The molecule has 0 fully saturated rings. The molecule has 4 nitrogen and oxygen atoms in total. The van der Waals surface area contributed by atoms with Gasteiger partial charge in [-0.15, -0.1) is 0 Å². The first-order chi connectivity index (χ1) is 8.81. The van der Waals surface area contributed by atoms with Crippen molar-refractivity contribution in [2.24, 2.45) is 0 Å². The van der Waals surface area contributed by atoms with E-state index in [0.29, 0.717) is 6.42 Å². The summed E-state index contributed by atoms with van der Waals surface area (Å²) >= 11 is 0. The maximum atomic E-state index is 11.1. The number of hydrogen-bond donors (Lipinski definition) is 0. The number of rotatable bonds is 4.